The van der Waals surface area contributed by atoms with Crippen molar-refractivity contribution in [1.29, 1.82) is 0 Å². The Morgan fingerprint density at radius 3 is 2.68 bits per heavy atom. The molecule has 7 heterocycles. The van der Waals surface area contributed by atoms with Gasteiger partial charge in [-0.1, -0.05) is 0 Å². The molecular formula is C34H38N8O4S. The van der Waals surface area contributed by atoms with Crippen molar-refractivity contribution >= 4 is 27.1 Å². The molecule has 8 rings (SSSR count). The number of hydrogen-bond acceptors (Lipinski definition) is 11. The van der Waals surface area contributed by atoms with Crippen LogP contribution < -0.4 is 21.8 Å². The first-order valence-corrected chi connectivity index (χ1v) is 17.1. The van der Waals surface area contributed by atoms with Crippen molar-refractivity contribution in [2.24, 2.45) is 7.05 Å². The van der Waals surface area contributed by atoms with Crippen LogP contribution in [0.1, 0.15) is 28.8 Å². The maximum Gasteiger partial charge on any atom is 0.290 e. The molecule has 0 spiro atoms. The normalized spacial score (nSPS) is 18.7. The summed E-state index contributed by atoms with van der Waals surface area (Å²) in [5.41, 5.74) is 4.26. The maximum atomic E-state index is 13.7. The lowest BCUT2D eigenvalue weighted by Gasteiger charge is -2.44. The molecule has 0 amide bonds. The zero-order valence-corrected chi connectivity index (χ0v) is 27.2. The van der Waals surface area contributed by atoms with E-state index in [1.54, 1.807) is 49.1 Å². The Labute approximate surface area is 275 Å². The van der Waals surface area contributed by atoms with Crippen LogP contribution in [0.5, 0.6) is 0 Å². The molecule has 0 radical (unpaired) electrons. The smallest absolute Gasteiger partial charge is 0.290 e. The van der Waals surface area contributed by atoms with Gasteiger partial charge in [-0.25, -0.2) is 4.98 Å². The van der Waals surface area contributed by atoms with Crippen molar-refractivity contribution in [3.05, 3.63) is 91.1 Å². The lowest BCUT2D eigenvalue weighted by molar-refractivity contribution is -0.0748. The van der Waals surface area contributed by atoms with Crippen LogP contribution in [-0.4, -0.2) is 86.2 Å². The van der Waals surface area contributed by atoms with Crippen LogP contribution in [0.3, 0.4) is 0 Å². The van der Waals surface area contributed by atoms with Gasteiger partial charge in [-0.2, -0.15) is 9.78 Å². The maximum absolute atomic E-state index is 13.7. The van der Waals surface area contributed by atoms with Crippen LogP contribution in [0.15, 0.2) is 64.0 Å². The molecule has 244 valence electrons. The largest absolute Gasteiger partial charge is 0.392 e. The highest BCUT2D eigenvalue weighted by Gasteiger charge is 2.29. The topological polar surface area (TPSA) is 130 Å². The average molecular weight is 655 g/mol. The molecule has 0 unspecified atom stereocenters. The van der Waals surface area contributed by atoms with Gasteiger partial charge in [-0.05, 0) is 61.1 Å². The van der Waals surface area contributed by atoms with E-state index >= 15 is 0 Å². The number of thiophene rings is 1. The molecule has 0 atom stereocenters. The highest BCUT2D eigenvalue weighted by molar-refractivity contribution is 7.19. The Morgan fingerprint density at radius 1 is 1.11 bits per heavy atom. The molecule has 4 aliphatic rings. The van der Waals surface area contributed by atoms with E-state index in [0.717, 1.165) is 76.3 Å². The molecular weight excluding hydrogens is 616 g/mol. The SMILES string of the molecule is Cn1cc(-c2ccnc(-n3ncc4c5c(sc4c3=O)CCCC5)c2CO)cc(NC2=CC=C(N3CCN(C4COC4)CC3)CN2)c1=O. The third-order valence-electron chi connectivity index (χ3n) is 9.82. The number of ether oxygens (including phenoxy) is 1. The molecule has 4 aromatic rings. The van der Waals surface area contributed by atoms with Gasteiger partial charge in [0.25, 0.3) is 11.1 Å². The fourth-order valence-electron chi connectivity index (χ4n) is 7.08. The molecule has 12 nitrogen and oxygen atoms in total. The number of hydrogen-bond donors (Lipinski definition) is 3. The van der Waals surface area contributed by atoms with E-state index in [9.17, 15) is 14.7 Å². The highest BCUT2D eigenvalue weighted by atomic mass is 32.1. The minimum Gasteiger partial charge on any atom is -0.392 e. The summed E-state index contributed by atoms with van der Waals surface area (Å²) in [7, 11) is 1.70. The number of allylic oxidation sites excluding steroid dienone is 2. The highest BCUT2D eigenvalue weighted by Crippen LogP contribution is 2.35. The number of aromatic nitrogens is 4. The van der Waals surface area contributed by atoms with Gasteiger partial charge in [-0.3, -0.25) is 14.5 Å². The number of dihydropyridines is 1. The number of aliphatic hydroxyl groups is 1. The van der Waals surface area contributed by atoms with E-state index < -0.39 is 0 Å². The standard InChI is InChI=1S/C34H38N8O4S/c1-39-17-21(14-28(33(39)44)38-30-7-6-22(15-36-30)40-10-12-41(13-11-40)23-19-46-20-23)24-8-9-35-32(27(24)18-43)42-34(45)31-26(16-37-42)25-4-2-3-5-29(25)47-31/h6-9,14,16-17,23,36,38,43H,2-5,10-13,15,18-20H2,1H3. The second-order valence-corrected chi connectivity index (χ2v) is 13.7. The molecule has 0 bridgehead atoms. The lowest BCUT2D eigenvalue weighted by Crippen LogP contribution is -2.56. The number of nitrogens with one attached hydrogen (secondary N) is 2. The summed E-state index contributed by atoms with van der Waals surface area (Å²) >= 11 is 1.55. The third kappa shape index (κ3) is 5.46. The molecule has 1 aliphatic carbocycles. The third-order valence-corrected chi connectivity index (χ3v) is 11.1. The minimum atomic E-state index is -0.361. The van der Waals surface area contributed by atoms with Gasteiger partial charge in [0, 0.05) is 72.7 Å². The molecule has 0 aromatic carbocycles. The number of nitrogens with zero attached hydrogens (tertiary/aromatic N) is 6. The van der Waals surface area contributed by atoms with Crippen molar-refractivity contribution < 1.29 is 9.84 Å². The van der Waals surface area contributed by atoms with Crippen LogP contribution in [0, 0.1) is 0 Å². The van der Waals surface area contributed by atoms with Crippen LogP contribution in [0.2, 0.25) is 0 Å². The summed E-state index contributed by atoms with van der Waals surface area (Å²) in [6.45, 7) is 6.01. The fourth-order valence-corrected chi connectivity index (χ4v) is 8.37. The van der Waals surface area contributed by atoms with Crippen LogP contribution in [-0.2, 0) is 31.2 Å². The number of piperazine rings is 1. The molecule has 3 N–H and O–H groups in total. The van der Waals surface area contributed by atoms with Gasteiger partial charge in [0.05, 0.1) is 38.6 Å². The van der Waals surface area contributed by atoms with Gasteiger partial charge in [0.2, 0.25) is 0 Å². The predicted molar refractivity (Wildman–Crippen MR) is 182 cm³/mol. The predicted octanol–water partition coefficient (Wildman–Crippen LogP) is 2.34. The van der Waals surface area contributed by atoms with Crippen molar-refractivity contribution in [3.63, 3.8) is 0 Å². The van der Waals surface area contributed by atoms with E-state index in [4.69, 9.17) is 4.74 Å². The van der Waals surface area contributed by atoms with Crippen molar-refractivity contribution in [1.82, 2.24) is 34.4 Å². The second-order valence-electron chi connectivity index (χ2n) is 12.6. The summed E-state index contributed by atoms with van der Waals surface area (Å²) in [5, 5.41) is 22.8. The second kappa shape index (κ2) is 12.4. The van der Waals surface area contributed by atoms with E-state index in [-0.39, 0.29) is 23.5 Å². The molecule has 2 fully saturated rings. The van der Waals surface area contributed by atoms with E-state index in [0.29, 0.717) is 39.7 Å². The number of fused-ring (bicyclic) bond motifs is 3. The summed E-state index contributed by atoms with van der Waals surface area (Å²) in [5.74, 6) is 1.01. The zero-order valence-electron chi connectivity index (χ0n) is 26.4. The average Bonchev–Trinajstić information content (AvgIpc) is 3.46. The first kappa shape index (κ1) is 30.1. The van der Waals surface area contributed by atoms with Gasteiger partial charge < -0.3 is 29.9 Å². The Morgan fingerprint density at radius 2 is 1.94 bits per heavy atom. The summed E-state index contributed by atoms with van der Waals surface area (Å²) in [6, 6.07) is 4.13. The Balaban J connectivity index is 1.07. The number of aryl methyl sites for hydroxylation is 3. The van der Waals surface area contributed by atoms with E-state index in [1.807, 2.05) is 6.08 Å². The van der Waals surface area contributed by atoms with Gasteiger partial charge in [0.1, 0.15) is 16.2 Å². The number of rotatable bonds is 7. The van der Waals surface area contributed by atoms with Crippen LogP contribution in [0.25, 0.3) is 27.0 Å². The minimum absolute atomic E-state index is 0.188. The number of anilines is 1. The van der Waals surface area contributed by atoms with Crippen LogP contribution >= 0.6 is 11.3 Å². The van der Waals surface area contributed by atoms with Crippen molar-refractivity contribution in [3.8, 4) is 16.9 Å². The van der Waals surface area contributed by atoms with Crippen LogP contribution in [0.4, 0.5) is 5.69 Å². The first-order valence-electron chi connectivity index (χ1n) is 16.3. The van der Waals surface area contributed by atoms with Crippen molar-refractivity contribution in [2.75, 3.05) is 51.3 Å². The number of aliphatic hydroxyl groups excluding tert-OH is 1. The van der Waals surface area contributed by atoms with E-state index in [1.165, 1.54) is 25.4 Å². The van der Waals surface area contributed by atoms with E-state index in [2.05, 4.69) is 36.6 Å². The van der Waals surface area contributed by atoms with Gasteiger partial charge in [0.15, 0.2) is 5.82 Å². The van der Waals surface area contributed by atoms with Crippen molar-refractivity contribution in [2.45, 2.75) is 38.3 Å². The fraction of sp³-hybridized carbons (Fsp3) is 0.412. The van der Waals surface area contributed by atoms with Gasteiger partial charge in [-0.15, -0.1) is 11.3 Å². The summed E-state index contributed by atoms with van der Waals surface area (Å²) in [6.07, 6.45) is 13.4. The molecule has 4 aromatic heterocycles. The first-order chi connectivity index (χ1) is 23.0. The summed E-state index contributed by atoms with van der Waals surface area (Å²) in [4.78, 5) is 37.7. The quantitative estimate of drug-likeness (QED) is 0.273. The molecule has 0 saturated carbocycles. The Bertz CT molecular complexity index is 2030. The number of pyridine rings is 2. The van der Waals surface area contributed by atoms with Gasteiger partial charge >= 0.3 is 0 Å². The molecule has 3 aliphatic heterocycles. The Hall–Kier alpha value is -4.30. The Kier molecular flexibility index (Phi) is 7.92. The zero-order chi connectivity index (χ0) is 32.1. The molecule has 2 saturated heterocycles. The molecule has 47 heavy (non-hydrogen) atoms. The lowest BCUT2D eigenvalue weighted by atomic mass is 9.97. The summed E-state index contributed by atoms with van der Waals surface area (Å²) < 4.78 is 8.85. The molecule has 13 heteroatoms. The monoisotopic (exact) mass is 654 g/mol.